The molecule has 11 rings (SSSR count). The van der Waals surface area contributed by atoms with Crippen molar-refractivity contribution in [3.8, 4) is 34.0 Å². The molecule has 0 amide bonds. The molecule has 0 saturated heterocycles. The van der Waals surface area contributed by atoms with E-state index in [-0.39, 0.29) is 0 Å². The Kier molecular flexibility index (Phi) is 6.09. The van der Waals surface area contributed by atoms with Gasteiger partial charge in [0.15, 0.2) is 5.82 Å². The van der Waals surface area contributed by atoms with Crippen LogP contribution in [-0.2, 0) is 0 Å². The van der Waals surface area contributed by atoms with Crippen LogP contribution in [-0.4, -0.2) is 19.1 Å². The van der Waals surface area contributed by atoms with Crippen LogP contribution in [0.1, 0.15) is 0 Å². The monoisotopic (exact) mass is 668 g/mol. The van der Waals surface area contributed by atoms with Gasteiger partial charge in [-0.25, -0.2) is 9.97 Å². The van der Waals surface area contributed by atoms with E-state index in [2.05, 4.69) is 161 Å². The molecular formula is C46H28N4S. The smallest absolute Gasteiger partial charge is 0.161 e. The number of hydrogen-bond acceptors (Lipinski definition) is 3. The van der Waals surface area contributed by atoms with Crippen LogP contribution in [0.25, 0.3) is 97.9 Å². The van der Waals surface area contributed by atoms with E-state index in [1.807, 2.05) is 18.2 Å². The van der Waals surface area contributed by atoms with Gasteiger partial charge < -0.3 is 9.13 Å². The van der Waals surface area contributed by atoms with Crippen molar-refractivity contribution in [2.45, 2.75) is 0 Å². The standard InChI is InChI=1S/C46H28N4S/c1-3-14-29(15-4-1)45-47-42(41-37-22-9-12-25-40(37)51-46(41)48-45)30-16-13-19-32(28-30)50-39-24-11-8-21-34(39)36-27-26-35-33-20-7-10-23-38(33)49(43(35)44(36)50)31-17-5-2-6-18-31/h1-28H. The fourth-order valence-corrected chi connectivity index (χ4v) is 9.03. The van der Waals surface area contributed by atoms with E-state index in [1.54, 1.807) is 11.3 Å². The van der Waals surface area contributed by atoms with E-state index < -0.39 is 0 Å². The van der Waals surface area contributed by atoms with Crippen LogP contribution in [0.4, 0.5) is 0 Å². The van der Waals surface area contributed by atoms with E-state index >= 15 is 0 Å². The maximum absolute atomic E-state index is 5.33. The van der Waals surface area contributed by atoms with Gasteiger partial charge in [-0.2, -0.15) is 0 Å². The Morgan fingerprint density at radius 2 is 0.961 bits per heavy atom. The minimum Gasteiger partial charge on any atom is -0.307 e. The Balaban J connectivity index is 1.25. The van der Waals surface area contributed by atoms with Gasteiger partial charge in [-0.3, -0.25) is 0 Å². The summed E-state index contributed by atoms with van der Waals surface area (Å²) >= 11 is 1.73. The van der Waals surface area contributed by atoms with Crippen LogP contribution >= 0.6 is 11.3 Å². The first-order chi connectivity index (χ1) is 25.3. The number of nitrogens with zero attached hydrogens (tertiary/aromatic N) is 4. The molecule has 0 aliphatic heterocycles. The van der Waals surface area contributed by atoms with Crippen molar-refractivity contribution in [2.75, 3.05) is 0 Å². The zero-order chi connectivity index (χ0) is 33.5. The molecule has 0 unspecified atom stereocenters. The van der Waals surface area contributed by atoms with Crippen LogP contribution in [0.5, 0.6) is 0 Å². The molecule has 0 N–H and O–H groups in total. The normalized spacial score (nSPS) is 11.9. The van der Waals surface area contributed by atoms with Gasteiger partial charge in [-0.05, 0) is 42.5 Å². The predicted molar refractivity (Wildman–Crippen MR) is 214 cm³/mol. The highest BCUT2D eigenvalue weighted by molar-refractivity contribution is 7.25. The fraction of sp³-hybridized carbons (Fsp3) is 0. The summed E-state index contributed by atoms with van der Waals surface area (Å²) < 4.78 is 6.10. The molecule has 0 atom stereocenters. The highest BCUT2D eigenvalue weighted by Gasteiger charge is 2.22. The summed E-state index contributed by atoms with van der Waals surface area (Å²) in [6.07, 6.45) is 0. The Morgan fingerprint density at radius 1 is 0.412 bits per heavy atom. The fourth-order valence-electron chi connectivity index (χ4n) is 7.95. The number of aromatic nitrogens is 4. The third kappa shape index (κ3) is 4.19. The Labute approximate surface area is 297 Å². The minimum atomic E-state index is 0.737. The highest BCUT2D eigenvalue weighted by Crippen LogP contribution is 2.43. The van der Waals surface area contributed by atoms with Crippen molar-refractivity contribution in [3.63, 3.8) is 0 Å². The molecule has 51 heavy (non-hydrogen) atoms. The van der Waals surface area contributed by atoms with Crippen LogP contribution in [0.15, 0.2) is 170 Å². The number of hydrogen-bond donors (Lipinski definition) is 0. The minimum absolute atomic E-state index is 0.737. The lowest BCUT2D eigenvalue weighted by atomic mass is 10.0. The van der Waals surface area contributed by atoms with Gasteiger partial charge in [0.2, 0.25) is 0 Å². The van der Waals surface area contributed by atoms with Crippen LogP contribution in [0, 0.1) is 0 Å². The van der Waals surface area contributed by atoms with E-state index in [0.29, 0.717) is 0 Å². The quantitative estimate of drug-likeness (QED) is 0.187. The summed E-state index contributed by atoms with van der Waals surface area (Å²) in [5.74, 6) is 0.737. The first-order valence-electron chi connectivity index (χ1n) is 17.2. The molecule has 0 aliphatic rings. The maximum Gasteiger partial charge on any atom is 0.161 e. The predicted octanol–water partition coefficient (Wildman–Crippen LogP) is 12.4. The first-order valence-corrected chi connectivity index (χ1v) is 18.0. The Bertz CT molecular complexity index is 3130. The SMILES string of the molecule is c1ccc(-c2nc(-c3cccc(-n4c5ccccc5c5ccc6c7ccccc7n(-c7ccccc7)c6c54)c3)c3c(n2)sc2ccccc23)cc1. The molecule has 5 heteroatoms. The molecule has 4 aromatic heterocycles. The van der Waals surface area contributed by atoms with E-state index in [4.69, 9.17) is 9.97 Å². The van der Waals surface area contributed by atoms with Gasteiger partial charge in [-0.15, -0.1) is 11.3 Å². The maximum atomic E-state index is 5.33. The second-order valence-corrected chi connectivity index (χ2v) is 14.0. The second-order valence-electron chi connectivity index (χ2n) is 13.0. The van der Waals surface area contributed by atoms with Crippen LogP contribution in [0.3, 0.4) is 0 Å². The summed E-state index contributed by atoms with van der Waals surface area (Å²) in [5.41, 5.74) is 9.98. The molecule has 0 saturated carbocycles. The van der Waals surface area contributed by atoms with Crippen LogP contribution in [0.2, 0.25) is 0 Å². The van der Waals surface area contributed by atoms with Gasteiger partial charge >= 0.3 is 0 Å². The third-order valence-electron chi connectivity index (χ3n) is 10.1. The molecule has 0 aliphatic carbocycles. The van der Waals surface area contributed by atoms with Crippen molar-refractivity contribution in [2.24, 2.45) is 0 Å². The van der Waals surface area contributed by atoms with E-state index in [9.17, 15) is 0 Å². The molecule has 0 bridgehead atoms. The van der Waals surface area contributed by atoms with Crippen molar-refractivity contribution in [3.05, 3.63) is 170 Å². The van der Waals surface area contributed by atoms with E-state index in [1.165, 1.54) is 53.7 Å². The van der Waals surface area contributed by atoms with Gasteiger partial charge in [0.25, 0.3) is 0 Å². The summed E-state index contributed by atoms with van der Waals surface area (Å²) in [6.45, 7) is 0. The highest BCUT2D eigenvalue weighted by atomic mass is 32.1. The van der Waals surface area contributed by atoms with Gasteiger partial charge in [0, 0.05) is 59.5 Å². The third-order valence-corrected chi connectivity index (χ3v) is 11.2. The lowest BCUT2D eigenvalue weighted by Crippen LogP contribution is -1.99. The topological polar surface area (TPSA) is 35.6 Å². The lowest BCUT2D eigenvalue weighted by molar-refractivity contribution is 1.15. The molecule has 7 aromatic carbocycles. The average Bonchev–Trinajstić information content (AvgIpc) is 3.86. The summed E-state index contributed by atoms with van der Waals surface area (Å²) in [7, 11) is 0. The number of rotatable bonds is 4. The second kappa shape index (κ2) is 11.0. The zero-order valence-corrected chi connectivity index (χ0v) is 28.2. The number of para-hydroxylation sites is 3. The summed E-state index contributed by atoms with van der Waals surface area (Å²) in [6, 6.07) is 60.6. The molecule has 0 fully saturated rings. The average molecular weight is 669 g/mol. The van der Waals surface area contributed by atoms with Gasteiger partial charge in [0.1, 0.15) is 4.83 Å². The molecule has 11 aromatic rings. The first kappa shape index (κ1) is 28.3. The molecule has 0 spiro atoms. The van der Waals surface area contributed by atoms with Crippen molar-refractivity contribution in [1.82, 2.24) is 19.1 Å². The van der Waals surface area contributed by atoms with Crippen molar-refractivity contribution >= 4 is 75.3 Å². The van der Waals surface area contributed by atoms with Gasteiger partial charge in [0.05, 0.1) is 27.8 Å². The molecular weight excluding hydrogens is 641 g/mol. The molecule has 4 nitrogen and oxygen atoms in total. The molecule has 238 valence electrons. The largest absolute Gasteiger partial charge is 0.307 e. The summed E-state index contributed by atoms with van der Waals surface area (Å²) in [4.78, 5) is 11.4. The van der Waals surface area contributed by atoms with Crippen molar-refractivity contribution < 1.29 is 0 Å². The lowest BCUT2D eigenvalue weighted by Gasteiger charge is -2.14. The number of benzene rings is 7. The number of fused-ring (bicyclic) bond motifs is 10. The van der Waals surface area contributed by atoms with Gasteiger partial charge in [-0.1, -0.05) is 127 Å². The molecule has 4 heterocycles. The Hall–Kier alpha value is -6.56. The van der Waals surface area contributed by atoms with Crippen molar-refractivity contribution in [1.29, 1.82) is 0 Å². The summed E-state index contributed by atoms with van der Waals surface area (Å²) in [5, 5.41) is 7.21. The Morgan fingerprint density at radius 3 is 1.67 bits per heavy atom. The van der Waals surface area contributed by atoms with E-state index in [0.717, 1.165) is 44.2 Å². The molecule has 0 radical (unpaired) electrons. The number of thiophene rings is 1. The van der Waals surface area contributed by atoms with Crippen LogP contribution < -0.4 is 0 Å². The zero-order valence-electron chi connectivity index (χ0n) is 27.4.